The average molecular weight is 295 g/mol. The molecule has 122 valence electrons. The molecule has 0 atom stereocenters. The van der Waals surface area contributed by atoms with Crippen LogP contribution in [0.2, 0.25) is 0 Å². The lowest BCUT2D eigenvalue weighted by molar-refractivity contribution is 0.155. The second-order valence-corrected chi connectivity index (χ2v) is 6.39. The van der Waals surface area contributed by atoms with Gasteiger partial charge in [-0.25, -0.2) is 0 Å². The third kappa shape index (κ3) is 6.68. The number of ether oxygens (including phenoxy) is 1. The number of hydrogen-bond acceptors (Lipinski definition) is 2. The van der Waals surface area contributed by atoms with Gasteiger partial charge >= 0.3 is 0 Å². The molecule has 2 rings (SSSR count). The maximum Gasteiger partial charge on any atom is 0.191 e. The summed E-state index contributed by atoms with van der Waals surface area (Å²) in [5.41, 5.74) is 0. The summed E-state index contributed by atoms with van der Waals surface area (Å²) < 4.78 is 5.40. The van der Waals surface area contributed by atoms with Gasteiger partial charge in [-0.1, -0.05) is 38.5 Å². The number of nitrogens with zero attached hydrogens (tertiary/aromatic N) is 1. The van der Waals surface area contributed by atoms with Crippen LogP contribution in [0.15, 0.2) is 4.99 Å². The highest BCUT2D eigenvalue weighted by Crippen LogP contribution is 2.19. The van der Waals surface area contributed by atoms with E-state index in [4.69, 9.17) is 9.73 Å². The first kappa shape index (κ1) is 16.6. The summed E-state index contributed by atoms with van der Waals surface area (Å²) in [6.07, 6.45) is 13.4. The molecule has 4 nitrogen and oxygen atoms in total. The predicted molar refractivity (Wildman–Crippen MR) is 88.8 cm³/mol. The van der Waals surface area contributed by atoms with E-state index in [1.807, 2.05) is 6.92 Å². The van der Waals surface area contributed by atoms with E-state index in [0.29, 0.717) is 12.1 Å². The van der Waals surface area contributed by atoms with E-state index in [0.717, 1.165) is 25.7 Å². The largest absolute Gasteiger partial charge is 0.380 e. The highest BCUT2D eigenvalue weighted by molar-refractivity contribution is 5.80. The molecule has 2 aliphatic rings. The van der Waals surface area contributed by atoms with Crippen molar-refractivity contribution >= 4 is 5.96 Å². The highest BCUT2D eigenvalue weighted by Gasteiger charge is 2.18. The number of hydrogen-bond donors (Lipinski definition) is 2. The summed E-state index contributed by atoms with van der Waals surface area (Å²) in [5, 5.41) is 7.33. The van der Waals surface area contributed by atoms with Gasteiger partial charge in [-0.3, -0.25) is 4.99 Å². The first-order chi connectivity index (χ1) is 10.4. The van der Waals surface area contributed by atoms with E-state index < -0.39 is 0 Å². The second kappa shape index (κ2) is 10.0. The Balaban J connectivity index is 1.81. The van der Waals surface area contributed by atoms with Crippen molar-refractivity contribution in [2.45, 2.75) is 83.2 Å². The van der Waals surface area contributed by atoms with Gasteiger partial charge < -0.3 is 15.4 Å². The van der Waals surface area contributed by atoms with Crippen LogP contribution in [0.5, 0.6) is 0 Å². The van der Waals surface area contributed by atoms with E-state index in [2.05, 4.69) is 10.6 Å². The van der Waals surface area contributed by atoms with Crippen molar-refractivity contribution in [2.24, 2.45) is 4.99 Å². The van der Waals surface area contributed by atoms with E-state index >= 15 is 0 Å². The molecule has 0 amide bonds. The molecule has 21 heavy (non-hydrogen) atoms. The molecule has 2 saturated carbocycles. The van der Waals surface area contributed by atoms with Crippen molar-refractivity contribution in [1.29, 1.82) is 0 Å². The first-order valence-corrected chi connectivity index (χ1v) is 9.03. The van der Waals surface area contributed by atoms with Crippen LogP contribution >= 0.6 is 0 Å². The van der Waals surface area contributed by atoms with E-state index in [1.54, 1.807) is 0 Å². The molecule has 0 spiro atoms. The van der Waals surface area contributed by atoms with Crippen LogP contribution in [0.25, 0.3) is 0 Å². The van der Waals surface area contributed by atoms with Crippen LogP contribution in [0.1, 0.15) is 71.1 Å². The number of nitrogens with one attached hydrogen (secondary N) is 2. The minimum absolute atomic E-state index is 0.612. The van der Waals surface area contributed by atoms with Gasteiger partial charge in [0.15, 0.2) is 5.96 Å². The summed E-state index contributed by atoms with van der Waals surface area (Å²) in [5.74, 6) is 1.02. The molecule has 0 aliphatic heterocycles. The van der Waals surface area contributed by atoms with E-state index in [9.17, 15) is 0 Å². The zero-order valence-electron chi connectivity index (χ0n) is 13.7. The molecule has 2 fully saturated rings. The zero-order valence-corrected chi connectivity index (χ0v) is 13.7. The molecule has 0 aromatic carbocycles. The molecule has 4 heteroatoms. The molecule has 0 unspecified atom stereocenters. The standard InChI is InChI=1S/C17H33N3O/c1-2-21-14-13-18-17(19-15-9-5-3-6-10-15)20-16-11-7-4-8-12-16/h15-16H,2-14H2,1H3,(H2,18,19,20). The van der Waals surface area contributed by atoms with Crippen LogP contribution in [0.3, 0.4) is 0 Å². The maximum absolute atomic E-state index is 5.40. The third-order valence-electron chi connectivity index (χ3n) is 4.60. The molecule has 0 aromatic rings. The van der Waals surface area contributed by atoms with E-state index in [-0.39, 0.29) is 0 Å². The molecule has 2 N–H and O–H groups in total. The Morgan fingerprint density at radius 1 is 0.905 bits per heavy atom. The van der Waals surface area contributed by atoms with Crippen LogP contribution < -0.4 is 10.6 Å². The van der Waals surface area contributed by atoms with Crippen molar-refractivity contribution in [3.8, 4) is 0 Å². The van der Waals surface area contributed by atoms with Gasteiger partial charge in [0.05, 0.1) is 13.2 Å². The normalized spacial score (nSPS) is 21.0. The summed E-state index contributed by atoms with van der Waals surface area (Å²) in [6, 6.07) is 1.22. The Bertz CT molecular complexity index is 272. The predicted octanol–water partition coefficient (Wildman–Crippen LogP) is 3.22. The van der Waals surface area contributed by atoms with Crippen LogP contribution in [0.4, 0.5) is 0 Å². The second-order valence-electron chi connectivity index (χ2n) is 6.39. The quantitative estimate of drug-likeness (QED) is 0.449. The summed E-state index contributed by atoms with van der Waals surface area (Å²) in [6.45, 7) is 4.28. The highest BCUT2D eigenvalue weighted by atomic mass is 16.5. The Morgan fingerprint density at radius 2 is 1.43 bits per heavy atom. The van der Waals surface area contributed by atoms with Gasteiger partial charge in [0.2, 0.25) is 0 Å². The fourth-order valence-corrected chi connectivity index (χ4v) is 3.38. The van der Waals surface area contributed by atoms with Gasteiger partial charge in [0.25, 0.3) is 0 Å². The molecule has 0 bridgehead atoms. The number of aliphatic imine (C=N–C) groups is 1. The lowest BCUT2D eigenvalue weighted by Gasteiger charge is -2.29. The van der Waals surface area contributed by atoms with Crippen molar-refractivity contribution in [1.82, 2.24) is 10.6 Å². The lowest BCUT2D eigenvalue weighted by Crippen LogP contribution is -2.48. The van der Waals surface area contributed by atoms with Crippen molar-refractivity contribution in [2.75, 3.05) is 19.8 Å². The zero-order chi connectivity index (χ0) is 14.8. The SMILES string of the molecule is CCOCCN=C(NC1CCCCC1)NC1CCCCC1. The molecule has 0 radical (unpaired) electrons. The smallest absolute Gasteiger partial charge is 0.191 e. The summed E-state index contributed by atoms with van der Waals surface area (Å²) in [7, 11) is 0. The molecule has 0 heterocycles. The average Bonchev–Trinajstić information content (AvgIpc) is 2.53. The Morgan fingerprint density at radius 3 is 1.90 bits per heavy atom. The molecule has 0 aromatic heterocycles. The maximum atomic E-state index is 5.40. The fraction of sp³-hybridized carbons (Fsp3) is 0.941. The van der Waals surface area contributed by atoms with E-state index in [1.165, 1.54) is 64.2 Å². The third-order valence-corrected chi connectivity index (χ3v) is 4.60. The van der Waals surface area contributed by atoms with Gasteiger partial charge in [-0.15, -0.1) is 0 Å². The minimum Gasteiger partial charge on any atom is -0.380 e. The molecular weight excluding hydrogens is 262 g/mol. The topological polar surface area (TPSA) is 45.6 Å². The summed E-state index contributed by atoms with van der Waals surface area (Å²) >= 11 is 0. The van der Waals surface area contributed by atoms with Crippen LogP contribution in [-0.4, -0.2) is 37.8 Å². The monoisotopic (exact) mass is 295 g/mol. The molecular formula is C17H33N3O. The number of guanidine groups is 1. The Kier molecular flexibility index (Phi) is 7.94. The summed E-state index contributed by atoms with van der Waals surface area (Å²) in [4.78, 5) is 4.72. The Hall–Kier alpha value is -0.770. The van der Waals surface area contributed by atoms with Gasteiger partial charge in [-0.05, 0) is 32.6 Å². The van der Waals surface area contributed by atoms with Crippen LogP contribution in [0, 0.1) is 0 Å². The van der Waals surface area contributed by atoms with Crippen molar-refractivity contribution in [3.63, 3.8) is 0 Å². The minimum atomic E-state index is 0.612. The van der Waals surface area contributed by atoms with Crippen molar-refractivity contribution in [3.05, 3.63) is 0 Å². The molecule has 2 aliphatic carbocycles. The fourth-order valence-electron chi connectivity index (χ4n) is 3.38. The lowest BCUT2D eigenvalue weighted by atomic mass is 9.95. The first-order valence-electron chi connectivity index (χ1n) is 9.03. The van der Waals surface area contributed by atoms with Crippen molar-refractivity contribution < 1.29 is 4.74 Å². The molecule has 0 saturated heterocycles. The van der Waals surface area contributed by atoms with Gasteiger partial charge in [-0.2, -0.15) is 0 Å². The van der Waals surface area contributed by atoms with Gasteiger partial charge in [0, 0.05) is 18.7 Å². The Labute approximate surface area is 130 Å². The number of rotatable bonds is 6. The van der Waals surface area contributed by atoms with Gasteiger partial charge in [0.1, 0.15) is 0 Å². The van der Waals surface area contributed by atoms with Crippen LogP contribution in [-0.2, 0) is 4.74 Å².